The van der Waals surface area contributed by atoms with Crippen LogP contribution in [0.15, 0.2) is 48.8 Å². The molecule has 0 unspecified atom stereocenters. The Labute approximate surface area is 127 Å². The summed E-state index contributed by atoms with van der Waals surface area (Å²) in [6, 6.07) is 11.0. The normalized spacial score (nSPS) is 10.8. The van der Waals surface area contributed by atoms with Crippen LogP contribution in [0.25, 0.3) is 5.65 Å². The summed E-state index contributed by atoms with van der Waals surface area (Å²) < 4.78 is 1.93. The number of nitrogens with zero attached hydrogens (tertiary/aromatic N) is 2. The van der Waals surface area contributed by atoms with Gasteiger partial charge in [0.1, 0.15) is 5.65 Å². The van der Waals surface area contributed by atoms with Crippen LogP contribution in [0.3, 0.4) is 0 Å². The van der Waals surface area contributed by atoms with E-state index in [1.54, 1.807) is 24.3 Å². The van der Waals surface area contributed by atoms with Gasteiger partial charge in [0.2, 0.25) is 0 Å². The van der Waals surface area contributed by atoms with Gasteiger partial charge in [0.15, 0.2) is 0 Å². The highest BCUT2D eigenvalue weighted by atomic mass is 35.5. The molecule has 2 aromatic heterocycles. The van der Waals surface area contributed by atoms with E-state index >= 15 is 0 Å². The molecule has 0 saturated heterocycles. The molecule has 0 aliphatic rings. The average molecular weight is 300 g/mol. The van der Waals surface area contributed by atoms with Gasteiger partial charge in [-0.15, -0.1) is 0 Å². The molecule has 2 heterocycles. The fourth-order valence-electron chi connectivity index (χ4n) is 2.13. The number of carbonyl (C=O) groups excluding carboxylic acids is 1. The predicted octanol–water partition coefficient (Wildman–Crippen LogP) is 3.23. The molecular weight excluding hydrogens is 286 g/mol. The van der Waals surface area contributed by atoms with Crippen LogP contribution in [0.1, 0.15) is 21.6 Å². The lowest BCUT2D eigenvalue weighted by Crippen LogP contribution is -2.23. The van der Waals surface area contributed by atoms with E-state index in [0.717, 1.165) is 16.9 Å². The van der Waals surface area contributed by atoms with Gasteiger partial charge in [-0.2, -0.15) is 0 Å². The Kier molecular flexibility index (Phi) is 3.62. The molecule has 1 amide bonds. The monoisotopic (exact) mass is 299 g/mol. The first-order valence-electron chi connectivity index (χ1n) is 6.60. The molecule has 0 spiro atoms. The Bertz CT molecular complexity index is 810. The fourth-order valence-corrected chi connectivity index (χ4v) is 2.35. The SMILES string of the molecule is Cc1ccn2cc(CNC(=O)c3ccccc3Cl)nc2c1. The summed E-state index contributed by atoms with van der Waals surface area (Å²) in [5.41, 5.74) is 3.30. The maximum atomic E-state index is 12.1. The third-order valence-electron chi connectivity index (χ3n) is 3.21. The molecule has 4 nitrogen and oxygen atoms in total. The van der Waals surface area contributed by atoms with Crippen molar-refractivity contribution in [3.63, 3.8) is 0 Å². The van der Waals surface area contributed by atoms with Crippen LogP contribution in [-0.2, 0) is 6.54 Å². The Morgan fingerprint density at radius 3 is 2.95 bits per heavy atom. The van der Waals surface area contributed by atoms with Crippen molar-refractivity contribution in [1.82, 2.24) is 14.7 Å². The van der Waals surface area contributed by atoms with E-state index in [0.29, 0.717) is 17.1 Å². The molecule has 0 aliphatic heterocycles. The van der Waals surface area contributed by atoms with Gasteiger partial charge < -0.3 is 9.72 Å². The van der Waals surface area contributed by atoms with Crippen LogP contribution >= 0.6 is 11.6 Å². The van der Waals surface area contributed by atoms with Gasteiger partial charge in [-0.1, -0.05) is 23.7 Å². The van der Waals surface area contributed by atoms with Crippen molar-refractivity contribution in [3.05, 3.63) is 70.6 Å². The standard InChI is InChI=1S/C16H14ClN3O/c1-11-6-7-20-10-12(19-15(20)8-11)9-18-16(21)13-4-2-3-5-14(13)17/h2-8,10H,9H2,1H3,(H,18,21). The summed E-state index contributed by atoms with van der Waals surface area (Å²) in [5, 5.41) is 3.28. The van der Waals surface area contributed by atoms with E-state index in [4.69, 9.17) is 11.6 Å². The van der Waals surface area contributed by atoms with Crippen LogP contribution in [0.4, 0.5) is 0 Å². The highest BCUT2D eigenvalue weighted by molar-refractivity contribution is 6.33. The summed E-state index contributed by atoms with van der Waals surface area (Å²) in [5.74, 6) is -0.200. The highest BCUT2D eigenvalue weighted by Crippen LogP contribution is 2.15. The molecule has 3 rings (SSSR count). The van der Waals surface area contributed by atoms with Gasteiger partial charge in [-0.3, -0.25) is 4.79 Å². The number of fused-ring (bicyclic) bond motifs is 1. The molecule has 0 aliphatic carbocycles. The number of carbonyl (C=O) groups is 1. The molecule has 0 saturated carbocycles. The maximum absolute atomic E-state index is 12.1. The minimum absolute atomic E-state index is 0.200. The molecule has 0 radical (unpaired) electrons. The first-order valence-corrected chi connectivity index (χ1v) is 6.98. The zero-order chi connectivity index (χ0) is 14.8. The van der Waals surface area contributed by atoms with E-state index in [9.17, 15) is 4.79 Å². The Hall–Kier alpha value is -2.33. The van der Waals surface area contributed by atoms with Gasteiger partial charge in [0.25, 0.3) is 5.91 Å². The molecule has 3 aromatic rings. The van der Waals surface area contributed by atoms with Crippen LogP contribution in [0.5, 0.6) is 0 Å². The van der Waals surface area contributed by atoms with E-state index in [1.165, 1.54) is 0 Å². The number of hydrogen-bond donors (Lipinski definition) is 1. The third kappa shape index (κ3) is 2.90. The smallest absolute Gasteiger partial charge is 0.253 e. The summed E-state index contributed by atoms with van der Waals surface area (Å²) in [4.78, 5) is 16.6. The van der Waals surface area contributed by atoms with E-state index in [1.807, 2.05) is 35.9 Å². The van der Waals surface area contributed by atoms with Crippen molar-refractivity contribution in [3.8, 4) is 0 Å². The number of aryl methyl sites for hydroxylation is 1. The first kappa shape index (κ1) is 13.6. The second kappa shape index (κ2) is 5.58. The maximum Gasteiger partial charge on any atom is 0.253 e. The lowest BCUT2D eigenvalue weighted by atomic mass is 10.2. The molecule has 0 atom stereocenters. The van der Waals surface area contributed by atoms with Gasteiger partial charge in [0.05, 0.1) is 22.8 Å². The number of benzene rings is 1. The van der Waals surface area contributed by atoms with Crippen LogP contribution < -0.4 is 5.32 Å². The Morgan fingerprint density at radius 2 is 2.14 bits per heavy atom. The Morgan fingerprint density at radius 1 is 1.33 bits per heavy atom. The molecule has 1 N–H and O–H groups in total. The van der Waals surface area contributed by atoms with Crippen LogP contribution in [0.2, 0.25) is 5.02 Å². The van der Waals surface area contributed by atoms with E-state index in [-0.39, 0.29) is 5.91 Å². The average Bonchev–Trinajstić information content (AvgIpc) is 2.87. The van der Waals surface area contributed by atoms with E-state index in [2.05, 4.69) is 10.3 Å². The summed E-state index contributed by atoms with van der Waals surface area (Å²) in [6.45, 7) is 2.39. The zero-order valence-corrected chi connectivity index (χ0v) is 12.3. The lowest BCUT2D eigenvalue weighted by molar-refractivity contribution is 0.0950. The molecule has 5 heteroatoms. The third-order valence-corrected chi connectivity index (χ3v) is 3.54. The number of pyridine rings is 1. The molecular formula is C16H14ClN3O. The van der Waals surface area contributed by atoms with Crippen molar-refractivity contribution in [1.29, 1.82) is 0 Å². The summed E-state index contributed by atoms with van der Waals surface area (Å²) >= 11 is 6.00. The number of hydrogen-bond acceptors (Lipinski definition) is 2. The van der Waals surface area contributed by atoms with Gasteiger partial charge in [0, 0.05) is 12.4 Å². The summed E-state index contributed by atoms with van der Waals surface area (Å²) in [7, 11) is 0. The number of imidazole rings is 1. The van der Waals surface area contributed by atoms with Crippen molar-refractivity contribution in [2.75, 3.05) is 0 Å². The highest BCUT2D eigenvalue weighted by Gasteiger charge is 2.10. The number of nitrogens with one attached hydrogen (secondary N) is 1. The van der Waals surface area contributed by atoms with E-state index < -0.39 is 0 Å². The fraction of sp³-hybridized carbons (Fsp3) is 0.125. The molecule has 0 bridgehead atoms. The summed E-state index contributed by atoms with van der Waals surface area (Å²) in [6.07, 6.45) is 3.86. The minimum atomic E-state index is -0.200. The topological polar surface area (TPSA) is 46.4 Å². The van der Waals surface area contributed by atoms with Gasteiger partial charge >= 0.3 is 0 Å². The molecule has 106 valence electrons. The van der Waals surface area contributed by atoms with Crippen molar-refractivity contribution < 1.29 is 4.79 Å². The van der Waals surface area contributed by atoms with Crippen molar-refractivity contribution in [2.24, 2.45) is 0 Å². The molecule has 1 aromatic carbocycles. The van der Waals surface area contributed by atoms with Crippen molar-refractivity contribution >= 4 is 23.2 Å². The van der Waals surface area contributed by atoms with Gasteiger partial charge in [-0.05, 0) is 36.8 Å². The number of halogens is 1. The quantitative estimate of drug-likeness (QED) is 0.807. The second-order valence-electron chi connectivity index (χ2n) is 4.86. The molecule has 21 heavy (non-hydrogen) atoms. The minimum Gasteiger partial charge on any atom is -0.346 e. The van der Waals surface area contributed by atoms with Crippen LogP contribution in [0, 0.1) is 6.92 Å². The Balaban J connectivity index is 1.74. The number of rotatable bonds is 3. The largest absolute Gasteiger partial charge is 0.346 e. The number of aromatic nitrogens is 2. The van der Waals surface area contributed by atoms with Crippen LogP contribution in [-0.4, -0.2) is 15.3 Å². The second-order valence-corrected chi connectivity index (χ2v) is 5.27. The number of amides is 1. The molecule has 0 fully saturated rings. The lowest BCUT2D eigenvalue weighted by Gasteiger charge is -2.04. The zero-order valence-electron chi connectivity index (χ0n) is 11.5. The van der Waals surface area contributed by atoms with Crippen molar-refractivity contribution in [2.45, 2.75) is 13.5 Å². The predicted molar refractivity (Wildman–Crippen MR) is 82.6 cm³/mol. The van der Waals surface area contributed by atoms with Gasteiger partial charge in [-0.25, -0.2) is 4.98 Å². The first-order chi connectivity index (χ1) is 10.1.